The van der Waals surface area contributed by atoms with E-state index >= 15 is 0 Å². The van der Waals surface area contributed by atoms with Gasteiger partial charge in [0.15, 0.2) is 0 Å². The minimum Gasteiger partial charge on any atom is -0.391 e. The van der Waals surface area contributed by atoms with E-state index in [9.17, 15) is 9.90 Å². The summed E-state index contributed by atoms with van der Waals surface area (Å²) >= 11 is 0. The zero-order valence-electron chi connectivity index (χ0n) is 11.0. The minimum atomic E-state index is -0.322. The molecule has 98 valence electrons. The maximum atomic E-state index is 12.0. The van der Waals surface area contributed by atoms with Crippen molar-refractivity contribution in [3.8, 4) is 0 Å². The lowest BCUT2D eigenvalue weighted by Crippen LogP contribution is -2.39. The molecule has 0 bridgehead atoms. The minimum absolute atomic E-state index is 0.156. The molecule has 3 atom stereocenters. The number of hydrogen-bond acceptors (Lipinski definition) is 2. The van der Waals surface area contributed by atoms with Crippen LogP contribution in [0.1, 0.15) is 46.0 Å². The third-order valence-electron chi connectivity index (χ3n) is 4.20. The van der Waals surface area contributed by atoms with E-state index in [0.717, 1.165) is 25.7 Å². The van der Waals surface area contributed by atoms with Crippen LogP contribution >= 0.6 is 0 Å². The molecule has 0 spiro atoms. The van der Waals surface area contributed by atoms with Gasteiger partial charge in [-0.1, -0.05) is 13.8 Å². The van der Waals surface area contributed by atoms with Crippen LogP contribution in [0, 0.1) is 23.7 Å². The quantitative estimate of drug-likeness (QED) is 0.787. The van der Waals surface area contributed by atoms with Crippen LogP contribution < -0.4 is 5.32 Å². The molecule has 0 aliphatic heterocycles. The van der Waals surface area contributed by atoms with Crippen LogP contribution in [-0.4, -0.2) is 23.7 Å². The fourth-order valence-corrected chi connectivity index (χ4v) is 3.16. The Bertz CT molecular complexity index is 265. The maximum Gasteiger partial charge on any atom is 0.223 e. The van der Waals surface area contributed by atoms with Crippen molar-refractivity contribution in [3.05, 3.63) is 0 Å². The van der Waals surface area contributed by atoms with Crippen molar-refractivity contribution < 1.29 is 9.90 Å². The monoisotopic (exact) mass is 239 g/mol. The van der Waals surface area contributed by atoms with Gasteiger partial charge in [0, 0.05) is 12.5 Å². The van der Waals surface area contributed by atoms with E-state index in [4.69, 9.17) is 0 Å². The van der Waals surface area contributed by atoms with Gasteiger partial charge >= 0.3 is 0 Å². The first kappa shape index (κ1) is 12.9. The Morgan fingerprint density at radius 3 is 2.35 bits per heavy atom. The van der Waals surface area contributed by atoms with E-state index in [1.807, 2.05) is 0 Å². The predicted molar refractivity (Wildman–Crippen MR) is 67.4 cm³/mol. The summed E-state index contributed by atoms with van der Waals surface area (Å²) in [6.45, 7) is 4.91. The largest absolute Gasteiger partial charge is 0.391 e. The highest BCUT2D eigenvalue weighted by Crippen LogP contribution is 2.34. The van der Waals surface area contributed by atoms with Crippen LogP contribution in [0.15, 0.2) is 0 Å². The van der Waals surface area contributed by atoms with Crippen molar-refractivity contribution in [3.63, 3.8) is 0 Å². The standard InChI is InChI=1S/C14H25NO2/c1-9-5-10(2)7-12(6-9)14(17)15-8-13(16)11-3-4-11/h9-13,16H,3-8H2,1-2H3,(H,15,17). The van der Waals surface area contributed by atoms with Gasteiger partial charge in [-0.15, -0.1) is 0 Å². The van der Waals surface area contributed by atoms with Gasteiger partial charge in [0.25, 0.3) is 0 Å². The number of carbonyl (C=O) groups excluding carboxylic acids is 1. The van der Waals surface area contributed by atoms with Crippen LogP contribution in [0.3, 0.4) is 0 Å². The van der Waals surface area contributed by atoms with E-state index in [0.29, 0.717) is 24.3 Å². The first-order chi connectivity index (χ1) is 8.06. The molecular formula is C14H25NO2. The molecular weight excluding hydrogens is 214 g/mol. The molecule has 2 saturated carbocycles. The summed E-state index contributed by atoms with van der Waals surface area (Å²) in [5, 5.41) is 12.7. The SMILES string of the molecule is CC1CC(C)CC(C(=O)NCC(O)C2CC2)C1. The Labute approximate surface area is 104 Å². The molecule has 2 aliphatic rings. The number of aliphatic hydroxyl groups is 1. The average molecular weight is 239 g/mol. The summed E-state index contributed by atoms with van der Waals surface area (Å²) in [6.07, 6.45) is 5.18. The van der Waals surface area contributed by atoms with Gasteiger partial charge in [-0.25, -0.2) is 0 Å². The van der Waals surface area contributed by atoms with Gasteiger partial charge in [0.2, 0.25) is 5.91 Å². The van der Waals surface area contributed by atoms with Gasteiger partial charge < -0.3 is 10.4 Å². The van der Waals surface area contributed by atoms with Crippen molar-refractivity contribution in [2.45, 2.75) is 52.1 Å². The fourth-order valence-electron chi connectivity index (χ4n) is 3.16. The molecule has 2 N–H and O–H groups in total. The van der Waals surface area contributed by atoms with Crippen LogP contribution in [0.4, 0.5) is 0 Å². The van der Waals surface area contributed by atoms with E-state index < -0.39 is 0 Å². The molecule has 3 nitrogen and oxygen atoms in total. The van der Waals surface area contributed by atoms with Crippen LogP contribution in [0.2, 0.25) is 0 Å². The second kappa shape index (κ2) is 5.38. The van der Waals surface area contributed by atoms with Gasteiger partial charge in [-0.3, -0.25) is 4.79 Å². The summed E-state index contributed by atoms with van der Waals surface area (Å²) in [5.74, 6) is 2.08. The molecule has 0 saturated heterocycles. The van der Waals surface area contributed by atoms with Gasteiger partial charge in [0.05, 0.1) is 6.10 Å². The van der Waals surface area contributed by atoms with Gasteiger partial charge in [-0.05, 0) is 49.9 Å². The average Bonchev–Trinajstić information content (AvgIpc) is 3.07. The highest BCUT2D eigenvalue weighted by atomic mass is 16.3. The lowest BCUT2D eigenvalue weighted by atomic mass is 9.76. The second-order valence-corrected chi connectivity index (χ2v) is 6.26. The maximum absolute atomic E-state index is 12.0. The molecule has 2 rings (SSSR count). The molecule has 0 aromatic heterocycles. The van der Waals surface area contributed by atoms with Crippen molar-refractivity contribution in [1.29, 1.82) is 0 Å². The van der Waals surface area contributed by atoms with Crippen molar-refractivity contribution in [2.75, 3.05) is 6.54 Å². The Hall–Kier alpha value is -0.570. The number of carbonyl (C=O) groups is 1. The third kappa shape index (κ3) is 3.70. The fraction of sp³-hybridized carbons (Fsp3) is 0.929. The number of nitrogens with one attached hydrogen (secondary N) is 1. The summed E-state index contributed by atoms with van der Waals surface area (Å²) in [5.41, 5.74) is 0. The van der Waals surface area contributed by atoms with E-state index in [1.165, 1.54) is 6.42 Å². The smallest absolute Gasteiger partial charge is 0.223 e. The highest BCUT2D eigenvalue weighted by Gasteiger charge is 2.32. The molecule has 1 amide bonds. The molecule has 0 aromatic carbocycles. The van der Waals surface area contributed by atoms with E-state index in [1.54, 1.807) is 0 Å². The normalized spacial score (nSPS) is 35.4. The summed E-state index contributed by atoms with van der Waals surface area (Å²) < 4.78 is 0. The van der Waals surface area contributed by atoms with E-state index in [-0.39, 0.29) is 17.9 Å². The van der Waals surface area contributed by atoms with E-state index in [2.05, 4.69) is 19.2 Å². The summed E-state index contributed by atoms with van der Waals surface area (Å²) in [6, 6.07) is 0. The van der Waals surface area contributed by atoms with Crippen LogP contribution in [-0.2, 0) is 4.79 Å². The topological polar surface area (TPSA) is 49.3 Å². The van der Waals surface area contributed by atoms with Gasteiger partial charge in [0.1, 0.15) is 0 Å². The number of rotatable bonds is 4. The first-order valence-electron chi connectivity index (χ1n) is 7.02. The molecule has 3 unspecified atom stereocenters. The van der Waals surface area contributed by atoms with Crippen molar-refractivity contribution in [2.24, 2.45) is 23.7 Å². The van der Waals surface area contributed by atoms with Crippen molar-refractivity contribution in [1.82, 2.24) is 5.32 Å². The molecule has 2 aliphatic carbocycles. The van der Waals surface area contributed by atoms with Crippen molar-refractivity contribution >= 4 is 5.91 Å². The lowest BCUT2D eigenvalue weighted by molar-refractivity contribution is -0.127. The second-order valence-electron chi connectivity index (χ2n) is 6.26. The van der Waals surface area contributed by atoms with Crippen LogP contribution in [0.25, 0.3) is 0 Å². The summed E-state index contributed by atoms with van der Waals surface area (Å²) in [4.78, 5) is 12.0. The first-order valence-corrected chi connectivity index (χ1v) is 7.02. The highest BCUT2D eigenvalue weighted by molar-refractivity contribution is 5.78. The zero-order chi connectivity index (χ0) is 12.4. The number of amides is 1. The molecule has 17 heavy (non-hydrogen) atoms. The Morgan fingerprint density at radius 1 is 1.24 bits per heavy atom. The van der Waals surface area contributed by atoms with Crippen LogP contribution in [0.5, 0.6) is 0 Å². The zero-order valence-corrected chi connectivity index (χ0v) is 11.0. The number of hydrogen-bond donors (Lipinski definition) is 2. The molecule has 0 radical (unpaired) electrons. The molecule has 0 aromatic rings. The summed E-state index contributed by atoms with van der Waals surface area (Å²) in [7, 11) is 0. The molecule has 0 heterocycles. The number of aliphatic hydroxyl groups excluding tert-OH is 1. The predicted octanol–water partition coefficient (Wildman–Crippen LogP) is 1.95. The Balaban J connectivity index is 1.74. The van der Waals surface area contributed by atoms with Gasteiger partial charge in [-0.2, -0.15) is 0 Å². The lowest BCUT2D eigenvalue weighted by Gasteiger charge is -2.30. The Kier molecular flexibility index (Phi) is 4.08. The Morgan fingerprint density at radius 2 is 1.82 bits per heavy atom. The molecule has 3 heteroatoms. The third-order valence-corrected chi connectivity index (χ3v) is 4.20. The molecule has 2 fully saturated rings.